The molecule has 0 saturated heterocycles. The van der Waals surface area contributed by atoms with E-state index in [1.807, 2.05) is 18.2 Å². The second-order valence-electron chi connectivity index (χ2n) is 4.96. The van der Waals surface area contributed by atoms with Gasteiger partial charge in [0.15, 0.2) is 0 Å². The standard InChI is InChI=1S/C17H20ClN/c1-13(15-8-4-3-5-9-15)12-19-14(2)16-10-6-7-11-17(16)18/h3-11,13-14,19H,12H2,1-2H3/t13?,14-/m1/s1. The smallest absolute Gasteiger partial charge is 0.0453 e. The van der Waals surface area contributed by atoms with Gasteiger partial charge in [-0.05, 0) is 30.0 Å². The molecule has 0 radical (unpaired) electrons. The highest BCUT2D eigenvalue weighted by Crippen LogP contribution is 2.23. The van der Waals surface area contributed by atoms with Crippen molar-refractivity contribution < 1.29 is 0 Å². The Morgan fingerprint density at radius 3 is 2.26 bits per heavy atom. The minimum atomic E-state index is 0.264. The van der Waals surface area contributed by atoms with Crippen LogP contribution < -0.4 is 5.32 Å². The molecule has 2 aromatic rings. The maximum absolute atomic E-state index is 6.21. The third-order valence-electron chi connectivity index (χ3n) is 3.47. The molecule has 100 valence electrons. The van der Waals surface area contributed by atoms with Crippen LogP contribution in [0.3, 0.4) is 0 Å². The number of rotatable bonds is 5. The summed E-state index contributed by atoms with van der Waals surface area (Å²) in [6.45, 7) is 5.33. The van der Waals surface area contributed by atoms with Gasteiger partial charge in [-0.15, -0.1) is 0 Å². The molecule has 1 unspecified atom stereocenters. The molecule has 2 atom stereocenters. The van der Waals surface area contributed by atoms with Crippen LogP contribution in [-0.2, 0) is 0 Å². The Balaban J connectivity index is 1.94. The second kappa shape index (κ2) is 6.74. The number of benzene rings is 2. The molecule has 0 saturated carbocycles. The van der Waals surface area contributed by atoms with Crippen LogP contribution in [0.15, 0.2) is 54.6 Å². The summed E-state index contributed by atoms with van der Waals surface area (Å²) in [5.41, 5.74) is 2.52. The minimum absolute atomic E-state index is 0.264. The van der Waals surface area contributed by atoms with E-state index in [4.69, 9.17) is 11.6 Å². The van der Waals surface area contributed by atoms with Gasteiger partial charge in [-0.1, -0.05) is 67.1 Å². The SMILES string of the molecule is CC(CN[C@H](C)c1ccccc1Cl)c1ccccc1. The molecule has 0 bridgehead atoms. The molecule has 0 heterocycles. The molecule has 0 aliphatic heterocycles. The van der Waals surface area contributed by atoms with Crippen LogP contribution in [0.2, 0.25) is 5.02 Å². The van der Waals surface area contributed by atoms with Gasteiger partial charge in [-0.2, -0.15) is 0 Å². The van der Waals surface area contributed by atoms with E-state index in [1.165, 1.54) is 5.56 Å². The lowest BCUT2D eigenvalue weighted by atomic mass is 10.0. The Hall–Kier alpha value is -1.31. The number of halogens is 1. The van der Waals surface area contributed by atoms with E-state index < -0.39 is 0 Å². The van der Waals surface area contributed by atoms with Crippen molar-refractivity contribution in [3.63, 3.8) is 0 Å². The lowest BCUT2D eigenvalue weighted by Gasteiger charge is -2.19. The van der Waals surface area contributed by atoms with Crippen LogP contribution in [0.25, 0.3) is 0 Å². The molecule has 0 spiro atoms. The fourth-order valence-electron chi connectivity index (χ4n) is 2.19. The van der Waals surface area contributed by atoms with E-state index in [2.05, 4.69) is 55.6 Å². The summed E-state index contributed by atoms with van der Waals surface area (Å²) < 4.78 is 0. The van der Waals surface area contributed by atoms with Crippen molar-refractivity contribution >= 4 is 11.6 Å². The first-order valence-corrected chi connectivity index (χ1v) is 7.09. The fraction of sp³-hybridized carbons (Fsp3) is 0.294. The first-order valence-electron chi connectivity index (χ1n) is 6.71. The van der Waals surface area contributed by atoms with E-state index >= 15 is 0 Å². The van der Waals surface area contributed by atoms with E-state index in [-0.39, 0.29) is 6.04 Å². The third-order valence-corrected chi connectivity index (χ3v) is 3.81. The Labute approximate surface area is 120 Å². The molecule has 1 nitrogen and oxygen atoms in total. The quantitative estimate of drug-likeness (QED) is 0.826. The first kappa shape index (κ1) is 14.1. The van der Waals surface area contributed by atoms with Crippen LogP contribution in [0.1, 0.15) is 36.9 Å². The van der Waals surface area contributed by atoms with Crippen molar-refractivity contribution in [2.75, 3.05) is 6.54 Å². The van der Waals surface area contributed by atoms with Gasteiger partial charge in [0.25, 0.3) is 0 Å². The molecular formula is C17H20ClN. The Morgan fingerprint density at radius 1 is 0.947 bits per heavy atom. The van der Waals surface area contributed by atoms with Gasteiger partial charge in [-0.25, -0.2) is 0 Å². The van der Waals surface area contributed by atoms with Crippen LogP contribution in [0, 0.1) is 0 Å². The lowest BCUT2D eigenvalue weighted by molar-refractivity contribution is 0.537. The average Bonchev–Trinajstić information content (AvgIpc) is 2.46. The highest BCUT2D eigenvalue weighted by atomic mass is 35.5. The monoisotopic (exact) mass is 273 g/mol. The summed E-state index contributed by atoms with van der Waals surface area (Å²) in [7, 11) is 0. The summed E-state index contributed by atoms with van der Waals surface area (Å²) >= 11 is 6.21. The maximum Gasteiger partial charge on any atom is 0.0453 e. The van der Waals surface area contributed by atoms with Crippen molar-refractivity contribution in [2.24, 2.45) is 0 Å². The average molecular weight is 274 g/mol. The lowest BCUT2D eigenvalue weighted by Crippen LogP contribution is -2.23. The Morgan fingerprint density at radius 2 is 1.58 bits per heavy atom. The van der Waals surface area contributed by atoms with Crippen molar-refractivity contribution in [3.8, 4) is 0 Å². The third kappa shape index (κ3) is 3.82. The zero-order valence-corrected chi connectivity index (χ0v) is 12.2. The molecular weight excluding hydrogens is 254 g/mol. The Kier molecular flexibility index (Phi) is 5.00. The fourth-order valence-corrected chi connectivity index (χ4v) is 2.49. The topological polar surface area (TPSA) is 12.0 Å². The zero-order chi connectivity index (χ0) is 13.7. The van der Waals surface area contributed by atoms with Crippen molar-refractivity contribution in [1.82, 2.24) is 5.32 Å². The molecule has 0 aliphatic rings. The summed E-state index contributed by atoms with van der Waals surface area (Å²) in [4.78, 5) is 0. The van der Waals surface area contributed by atoms with Gasteiger partial charge < -0.3 is 5.32 Å². The summed E-state index contributed by atoms with van der Waals surface area (Å²) in [5.74, 6) is 0.492. The van der Waals surface area contributed by atoms with Gasteiger partial charge in [0.05, 0.1) is 0 Å². The zero-order valence-electron chi connectivity index (χ0n) is 11.4. The highest BCUT2D eigenvalue weighted by molar-refractivity contribution is 6.31. The van der Waals surface area contributed by atoms with E-state index in [9.17, 15) is 0 Å². The van der Waals surface area contributed by atoms with E-state index in [0.29, 0.717) is 5.92 Å². The van der Waals surface area contributed by atoms with Crippen molar-refractivity contribution in [3.05, 3.63) is 70.7 Å². The highest BCUT2D eigenvalue weighted by Gasteiger charge is 2.11. The van der Waals surface area contributed by atoms with E-state index in [1.54, 1.807) is 0 Å². The van der Waals surface area contributed by atoms with E-state index in [0.717, 1.165) is 17.1 Å². The van der Waals surface area contributed by atoms with Crippen LogP contribution >= 0.6 is 11.6 Å². The summed E-state index contributed by atoms with van der Waals surface area (Å²) in [6.07, 6.45) is 0. The van der Waals surface area contributed by atoms with Crippen molar-refractivity contribution in [2.45, 2.75) is 25.8 Å². The molecule has 1 N–H and O–H groups in total. The van der Waals surface area contributed by atoms with Gasteiger partial charge in [-0.3, -0.25) is 0 Å². The van der Waals surface area contributed by atoms with Crippen LogP contribution in [0.5, 0.6) is 0 Å². The van der Waals surface area contributed by atoms with Crippen molar-refractivity contribution in [1.29, 1.82) is 0 Å². The summed E-state index contributed by atoms with van der Waals surface area (Å²) in [5, 5.41) is 4.38. The number of nitrogens with one attached hydrogen (secondary N) is 1. The Bertz CT molecular complexity index is 510. The molecule has 2 rings (SSSR count). The van der Waals surface area contributed by atoms with Gasteiger partial charge in [0, 0.05) is 17.6 Å². The number of hydrogen-bond acceptors (Lipinski definition) is 1. The van der Waals surface area contributed by atoms with Gasteiger partial charge >= 0.3 is 0 Å². The minimum Gasteiger partial charge on any atom is -0.310 e. The second-order valence-corrected chi connectivity index (χ2v) is 5.37. The van der Waals surface area contributed by atoms with Gasteiger partial charge in [0.2, 0.25) is 0 Å². The number of hydrogen-bond donors (Lipinski definition) is 1. The molecule has 2 heteroatoms. The van der Waals surface area contributed by atoms with Gasteiger partial charge in [0.1, 0.15) is 0 Å². The first-order chi connectivity index (χ1) is 9.18. The van der Waals surface area contributed by atoms with Crippen LogP contribution in [-0.4, -0.2) is 6.54 Å². The molecule has 0 fully saturated rings. The molecule has 0 aliphatic carbocycles. The molecule has 0 aromatic heterocycles. The molecule has 2 aromatic carbocycles. The molecule has 0 amide bonds. The normalized spacial score (nSPS) is 14.1. The predicted molar refractivity (Wildman–Crippen MR) is 82.7 cm³/mol. The van der Waals surface area contributed by atoms with Crippen LogP contribution in [0.4, 0.5) is 0 Å². The maximum atomic E-state index is 6.21. The largest absolute Gasteiger partial charge is 0.310 e. The molecule has 19 heavy (non-hydrogen) atoms. The summed E-state index contributed by atoms with van der Waals surface area (Å²) in [6, 6.07) is 18.8. The predicted octanol–water partition coefficient (Wildman–Crippen LogP) is 4.79.